The predicted octanol–water partition coefficient (Wildman–Crippen LogP) is 3.21. The topological polar surface area (TPSA) is 12.0 Å². The summed E-state index contributed by atoms with van der Waals surface area (Å²) < 4.78 is 13.8. The normalized spacial score (nSPS) is 21.5. The van der Waals surface area contributed by atoms with Gasteiger partial charge in [-0.1, -0.05) is 17.7 Å². The molecule has 0 aliphatic carbocycles. The Morgan fingerprint density at radius 1 is 1.50 bits per heavy atom. The summed E-state index contributed by atoms with van der Waals surface area (Å²) in [5.41, 5.74) is 1.31. The van der Waals surface area contributed by atoms with E-state index in [1.807, 2.05) is 0 Å². The zero-order valence-electron chi connectivity index (χ0n) is 8.11. The molecule has 0 saturated carbocycles. The first-order valence-electron chi connectivity index (χ1n) is 4.88. The molecule has 2 rings (SSSR count). The van der Waals surface area contributed by atoms with Gasteiger partial charge < -0.3 is 5.32 Å². The van der Waals surface area contributed by atoms with E-state index in [-0.39, 0.29) is 11.9 Å². The summed E-state index contributed by atoms with van der Waals surface area (Å²) >= 11 is 6.00. The average molecular weight is 214 g/mol. The van der Waals surface area contributed by atoms with Crippen molar-refractivity contribution < 1.29 is 4.39 Å². The molecule has 1 aliphatic rings. The Balaban J connectivity index is 2.44. The van der Waals surface area contributed by atoms with E-state index in [2.05, 4.69) is 5.32 Å². The third-order valence-corrected chi connectivity index (χ3v) is 3.06. The molecule has 1 heterocycles. The van der Waals surface area contributed by atoms with Gasteiger partial charge in [0.15, 0.2) is 0 Å². The molecule has 1 aromatic rings. The van der Waals surface area contributed by atoms with E-state index >= 15 is 0 Å². The summed E-state index contributed by atoms with van der Waals surface area (Å²) in [6.07, 6.45) is 2.06. The number of halogens is 2. The van der Waals surface area contributed by atoms with Crippen LogP contribution in [0.15, 0.2) is 12.1 Å². The number of benzene rings is 1. The Kier molecular flexibility index (Phi) is 2.75. The molecule has 0 spiro atoms. The van der Waals surface area contributed by atoms with Crippen LogP contribution in [-0.2, 0) is 0 Å². The Morgan fingerprint density at radius 3 is 2.93 bits per heavy atom. The second kappa shape index (κ2) is 3.87. The van der Waals surface area contributed by atoms with E-state index in [9.17, 15) is 4.39 Å². The quantitative estimate of drug-likeness (QED) is 0.756. The van der Waals surface area contributed by atoms with Crippen molar-refractivity contribution in [3.05, 3.63) is 34.1 Å². The number of hydrogen-bond acceptors (Lipinski definition) is 1. The first-order valence-corrected chi connectivity index (χ1v) is 5.26. The standard InChI is InChI=1S/C11H13ClFN/c1-7-4-5-8(12)10(11(7)13)9-3-2-6-14-9/h4-5,9,14H,2-3,6H2,1H3/t9-/m1/s1. The Morgan fingerprint density at radius 2 is 2.29 bits per heavy atom. The molecule has 0 radical (unpaired) electrons. The zero-order valence-corrected chi connectivity index (χ0v) is 8.87. The minimum atomic E-state index is -0.156. The third-order valence-electron chi connectivity index (χ3n) is 2.73. The van der Waals surface area contributed by atoms with Gasteiger partial charge in [0.1, 0.15) is 5.82 Å². The summed E-state index contributed by atoms with van der Waals surface area (Å²) in [7, 11) is 0. The van der Waals surface area contributed by atoms with Crippen LogP contribution in [0.25, 0.3) is 0 Å². The van der Waals surface area contributed by atoms with Gasteiger partial charge in [0, 0.05) is 16.6 Å². The Labute approximate surface area is 88.3 Å². The molecule has 76 valence electrons. The molecular weight excluding hydrogens is 201 g/mol. The molecule has 1 nitrogen and oxygen atoms in total. The van der Waals surface area contributed by atoms with Gasteiger partial charge in [-0.15, -0.1) is 0 Å². The van der Waals surface area contributed by atoms with Crippen molar-refractivity contribution in [1.29, 1.82) is 0 Å². The van der Waals surface area contributed by atoms with Gasteiger partial charge >= 0.3 is 0 Å². The van der Waals surface area contributed by atoms with Crippen LogP contribution >= 0.6 is 11.6 Å². The molecule has 0 bridgehead atoms. The Bertz CT molecular complexity index is 345. The van der Waals surface area contributed by atoms with Crippen molar-refractivity contribution in [3.8, 4) is 0 Å². The van der Waals surface area contributed by atoms with Gasteiger partial charge in [0.25, 0.3) is 0 Å². The molecule has 1 aromatic carbocycles. The fourth-order valence-electron chi connectivity index (χ4n) is 1.93. The van der Waals surface area contributed by atoms with Crippen molar-refractivity contribution in [3.63, 3.8) is 0 Å². The maximum absolute atomic E-state index is 13.8. The van der Waals surface area contributed by atoms with E-state index in [4.69, 9.17) is 11.6 Å². The van der Waals surface area contributed by atoms with E-state index in [1.165, 1.54) is 0 Å². The van der Waals surface area contributed by atoms with Crippen LogP contribution in [0.4, 0.5) is 4.39 Å². The molecule has 1 aliphatic heterocycles. The number of nitrogens with one attached hydrogen (secondary N) is 1. The van der Waals surface area contributed by atoms with E-state index < -0.39 is 0 Å². The molecule has 1 atom stereocenters. The van der Waals surface area contributed by atoms with Crippen LogP contribution in [0.5, 0.6) is 0 Å². The van der Waals surface area contributed by atoms with Gasteiger partial charge in [-0.05, 0) is 37.9 Å². The third kappa shape index (κ3) is 1.64. The van der Waals surface area contributed by atoms with E-state index in [0.29, 0.717) is 16.1 Å². The van der Waals surface area contributed by atoms with Crippen molar-refractivity contribution in [1.82, 2.24) is 5.32 Å². The highest BCUT2D eigenvalue weighted by Gasteiger charge is 2.22. The molecule has 1 saturated heterocycles. The maximum atomic E-state index is 13.8. The van der Waals surface area contributed by atoms with Gasteiger partial charge in [0.05, 0.1) is 0 Å². The molecule has 1 fully saturated rings. The maximum Gasteiger partial charge on any atom is 0.132 e. The summed E-state index contributed by atoms with van der Waals surface area (Å²) in [5, 5.41) is 3.79. The van der Waals surface area contributed by atoms with E-state index in [0.717, 1.165) is 19.4 Å². The van der Waals surface area contributed by atoms with Crippen LogP contribution in [0.3, 0.4) is 0 Å². The largest absolute Gasteiger partial charge is 0.310 e. The molecule has 0 amide bonds. The lowest BCUT2D eigenvalue weighted by atomic mass is 10.0. The van der Waals surface area contributed by atoms with Gasteiger partial charge in [-0.2, -0.15) is 0 Å². The molecule has 1 N–H and O–H groups in total. The van der Waals surface area contributed by atoms with Crippen LogP contribution in [0.2, 0.25) is 5.02 Å². The monoisotopic (exact) mass is 213 g/mol. The van der Waals surface area contributed by atoms with E-state index in [1.54, 1.807) is 19.1 Å². The molecule has 3 heteroatoms. The van der Waals surface area contributed by atoms with Gasteiger partial charge in [0.2, 0.25) is 0 Å². The lowest BCUT2D eigenvalue weighted by Gasteiger charge is -2.14. The molecule has 0 unspecified atom stereocenters. The molecular formula is C11H13ClFN. The van der Waals surface area contributed by atoms with Crippen LogP contribution in [0, 0.1) is 12.7 Å². The van der Waals surface area contributed by atoms with Crippen LogP contribution < -0.4 is 5.32 Å². The lowest BCUT2D eigenvalue weighted by Crippen LogP contribution is -2.15. The summed E-state index contributed by atoms with van der Waals surface area (Å²) in [6.45, 7) is 2.72. The fraction of sp³-hybridized carbons (Fsp3) is 0.455. The van der Waals surface area contributed by atoms with Crippen LogP contribution in [-0.4, -0.2) is 6.54 Å². The first kappa shape index (κ1) is 9.94. The average Bonchev–Trinajstić information content (AvgIpc) is 2.65. The van der Waals surface area contributed by atoms with Crippen molar-refractivity contribution in [2.75, 3.05) is 6.54 Å². The number of hydrogen-bond donors (Lipinski definition) is 1. The SMILES string of the molecule is Cc1ccc(Cl)c([C@H]2CCCN2)c1F. The Hall–Kier alpha value is -0.600. The van der Waals surface area contributed by atoms with Gasteiger partial charge in [-0.25, -0.2) is 4.39 Å². The number of aryl methyl sites for hydroxylation is 1. The zero-order chi connectivity index (χ0) is 10.1. The van der Waals surface area contributed by atoms with Crippen molar-refractivity contribution in [2.45, 2.75) is 25.8 Å². The molecule has 0 aromatic heterocycles. The van der Waals surface area contributed by atoms with Crippen molar-refractivity contribution in [2.24, 2.45) is 0 Å². The first-order chi connectivity index (χ1) is 6.70. The molecule has 14 heavy (non-hydrogen) atoms. The second-order valence-corrected chi connectivity index (χ2v) is 4.15. The minimum absolute atomic E-state index is 0.0994. The van der Waals surface area contributed by atoms with Crippen molar-refractivity contribution >= 4 is 11.6 Å². The highest BCUT2D eigenvalue weighted by Crippen LogP contribution is 2.32. The summed E-state index contributed by atoms with van der Waals surface area (Å²) in [6, 6.07) is 3.59. The highest BCUT2D eigenvalue weighted by atomic mass is 35.5. The second-order valence-electron chi connectivity index (χ2n) is 3.74. The fourth-order valence-corrected chi connectivity index (χ4v) is 2.21. The number of rotatable bonds is 1. The lowest BCUT2D eigenvalue weighted by molar-refractivity contribution is 0.553. The van der Waals surface area contributed by atoms with Crippen LogP contribution in [0.1, 0.15) is 30.0 Å². The predicted molar refractivity (Wildman–Crippen MR) is 56.1 cm³/mol. The summed E-state index contributed by atoms with van der Waals surface area (Å²) in [4.78, 5) is 0. The van der Waals surface area contributed by atoms with Gasteiger partial charge in [-0.3, -0.25) is 0 Å². The highest BCUT2D eigenvalue weighted by molar-refractivity contribution is 6.31. The smallest absolute Gasteiger partial charge is 0.132 e. The minimum Gasteiger partial charge on any atom is -0.310 e. The summed E-state index contributed by atoms with van der Waals surface area (Å²) in [5.74, 6) is -0.156.